The van der Waals surface area contributed by atoms with Crippen molar-refractivity contribution in [1.82, 2.24) is 4.98 Å². The zero-order valence-electron chi connectivity index (χ0n) is 11.4. The molecule has 1 aromatic carbocycles. The van der Waals surface area contributed by atoms with Gasteiger partial charge in [0, 0.05) is 28.3 Å². The molecule has 0 amide bonds. The molecule has 2 aromatic rings. The minimum absolute atomic E-state index is 0.0870. The average Bonchev–Trinajstić information content (AvgIpc) is 2.44. The van der Waals surface area contributed by atoms with Crippen LogP contribution in [-0.2, 0) is 12.8 Å². The molecule has 0 fully saturated rings. The Morgan fingerprint density at radius 1 is 1.35 bits per heavy atom. The Balaban J connectivity index is 1.86. The van der Waals surface area contributed by atoms with Crippen molar-refractivity contribution in [2.24, 2.45) is 5.92 Å². The SMILES string of the molecule is Cc1ccc2c(c1)CCC(Cc1ccncc1Br)C2=O. The van der Waals surface area contributed by atoms with Crippen molar-refractivity contribution in [3.05, 3.63) is 63.4 Å². The summed E-state index contributed by atoms with van der Waals surface area (Å²) < 4.78 is 0.988. The van der Waals surface area contributed by atoms with Crippen LogP contribution in [0.5, 0.6) is 0 Å². The van der Waals surface area contributed by atoms with Crippen molar-refractivity contribution in [3.63, 3.8) is 0 Å². The van der Waals surface area contributed by atoms with Crippen LogP contribution in [0.25, 0.3) is 0 Å². The van der Waals surface area contributed by atoms with E-state index in [1.807, 2.05) is 18.2 Å². The normalized spacial score (nSPS) is 17.9. The zero-order valence-corrected chi connectivity index (χ0v) is 13.0. The molecule has 0 N–H and O–H groups in total. The number of hydrogen-bond acceptors (Lipinski definition) is 2. The third kappa shape index (κ3) is 2.55. The molecule has 1 aromatic heterocycles. The van der Waals surface area contributed by atoms with Gasteiger partial charge in [0.25, 0.3) is 0 Å². The lowest BCUT2D eigenvalue weighted by atomic mass is 9.79. The van der Waals surface area contributed by atoms with E-state index in [-0.39, 0.29) is 11.7 Å². The van der Waals surface area contributed by atoms with Gasteiger partial charge in [-0.05, 0) is 59.3 Å². The average molecular weight is 330 g/mol. The third-order valence-electron chi connectivity index (χ3n) is 3.98. The number of ketones is 1. The number of halogens is 1. The smallest absolute Gasteiger partial charge is 0.166 e. The molecular formula is C17H16BrNO. The van der Waals surface area contributed by atoms with Gasteiger partial charge in [0.15, 0.2) is 5.78 Å². The van der Waals surface area contributed by atoms with Crippen molar-refractivity contribution >= 4 is 21.7 Å². The molecule has 0 radical (unpaired) electrons. The summed E-state index contributed by atoms with van der Waals surface area (Å²) in [6.45, 7) is 2.07. The lowest BCUT2D eigenvalue weighted by Crippen LogP contribution is -2.24. The molecule has 0 bridgehead atoms. The number of aromatic nitrogens is 1. The standard InChI is InChI=1S/C17H16BrNO/c1-11-2-5-15-12(8-11)3-4-14(17(15)20)9-13-6-7-19-10-16(13)18/h2,5-8,10,14H,3-4,9H2,1H3. The Morgan fingerprint density at radius 2 is 2.20 bits per heavy atom. The Bertz CT molecular complexity index is 666. The van der Waals surface area contributed by atoms with Crippen molar-refractivity contribution in [1.29, 1.82) is 0 Å². The highest BCUT2D eigenvalue weighted by Gasteiger charge is 2.27. The number of carbonyl (C=O) groups is 1. The Labute approximate surface area is 127 Å². The largest absolute Gasteiger partial charge is 0.294 e. The first kappa shape index (κ1) is 13.5. The number of fused-ring (bicyclic) bond motifs is 1. The fourth-order valence-corrected chi connectivity index (χ4v) is 3.29. The van der Waals surface area contributed by atoms with Gasteiger partial charge in [0.2, 0.25) is 0 Å². The summed E-state index contributed by atoms with van der Waals surface area (Å²) in [6, 6.07) is 8.15. The lowest BCUT2D eigenvalue weighted by Gasteiger charge is -2.24. The van der Waals surface area contributed by atoms with Gasteiger partial charge in [-0.25, -0.2) is 0 Å². The molecular weight excluding hydrogens is 314 g/mol. The summed E-state index contributed by atoms with van der Waals surface area (Å²) in [5.74, 6) is 0.374. The Kier molecular flexibility index (Phi) is 3.70. The van der Waals surface area contributed by atoms with E-state index in [9.17, 15) is 4.79 Å². The number of benzene rings is 1. The highest BCUT2D eigenvalue weighted by atomic mass is 79.9. The topological polar surface area (TPSA) is 30.0 Å². The summed E-state index contributed by atoms with van der Waals surface area (Å²) in [5, 5.41) is 0. The molecule has 1 aliphatic rings. The maximum absolute atomic E-state index is 12.6. The second-order valence-electron chi connectivity index (χ2n) is 5.43. The molecule has 0 saturated carbocycles. The quantitative estimate of drug-likeness (QED) is 0.828. The number of Topliss-reactive ketones (excluding diaryl/α,β-unsaturated/α-hetero) is 1. The van der Waals surface area contributed by atoms with Crippen molar-refractivity contribution < 1.29 is 4.79 Å². The van der Waals surface area contributed by atoms with E-state index < -0.39 is 0 Å². The van der Waals surface area contributed by atoms with Crippen LogP contribution < -0.4 is 0 Å². The van der Waals surface area contributed by atoms with Gasteiger partial charge in [0.1, 0.15) is 0 Å². The van der Waals surface area contributed by atoms with E-state index in [2.05, 4.69) is 33.9 Å². The molecule has 0 spiro atoms. The van der Waals surface area contributed by atoms with Crippen LogP contribution >= 0.6 is 15.9 Å². The summed E-state index contributed by atoms with van der Waals surface area (Å²) in [7, 11) is 0. The van der Waals surface area contributed by atoms with Crippen molar-refractivity contribution in [2.75, 3.05) is 0 Å². The fourth-order valence-electron chi connectivity index (χ4n) is 2.88. The Hall–Kier alpha value is -1.48. The lowest BCUT2D eigenvalue weighted by molar-refractivity contribution is 0.0901. The first-order chi connectivity index (χ1) is 9.65. The minimum atomic E-state index is 0.0870. The van der Waals surface area contributed by atoms with Crippen LogP contribution in [0, 0.1) is 12.8 Å². The second kappa shape index (κ2) is 5.49. The highest BCUT2D eigenvalue weighted by Crippen LogP contribution is 2.30. The van der Waals surface area contributed by atoms with E-state index in [0.29, 0.717) is 0 Å². The number of pyridine rings is 1. The van der Waals surface area contributed by atoms with Crippen molar-refractivity contribution in [3.8, 4) is 0 Å². The van der Waals surface area contributed by atoms with Gasteiger partial charge in [-0.3, -0.25) is 9.78 Å². The first-order valence-corrected chi connectivity index (χ1v) is 7.66. The molecule has 1 unspecified atom stereocenters. The van der Waals surface area contributed by atoms with Gasteiger partial charge < -0.3 is 0 Å². The van der Waals surface area contributed by atoms with Crippen molar-refractivity contribution in [2.45, 2.75) is 26.2 Å². The van der Waals surface area contributed by atoms with Crippen LogP contribution in [0.3, 0.4) is 0 Å². The number of aryl methyl sites for hydroxylation is 2. The molecule has 3 heteroatoms. The summed E-state index contributed by atoms with van der Waals surface area (Å²) in [5.41, 5.74) is 4.51. The molecule has 1 aliphatic carbocycles. The van der Waals surface area contributed by atoms with Crippen LogP contribution in [-0.4, -0.2) is 10.8 Å². The fraction of sp³-hybridized carbons (Fsp3) is 0.294. The van der Waals surface area contributed by atoms with Gasteiger partial charge in [-0.1, -0.05) is 23.8 Å². The van der Waals surface area contributed by atoms with Crippen LogP contribution in [0.15, 0.2) is 41.1 Å². The van der Waals surface area contributed by atoms with E-state index >= 15 is 0 Å². The minimum Gasteiger partial charge on any atom is -0.294 e. The van der Waals surface area contributed by atoms with E-state index in [0.717, 1.165) is 34.9 Å². The number of hydrogen-bond donors (Lipinski definition) is 0. The third-order valence-corrected chi connectivity index (χ3v) is 4.70. The molecule has 1 atom stereocenters. The van der Waals surface area contributed by atoms with Crippen LogP contribution in [0.1, 0.15) is 33.5 Å². The monoisotopic (exact) mass is 329 g/mol. The second-order valence-corrected chi connectivity index (χ2v) is 6.29. The summed E-state index contributed by atoms with van der Waals surface area (Å²) >= 11 is 3.51. The van der Waals surface area contributed by atoms with Gasteiger partial charge in [0.05, 0.1) is 0 Å². The van der Waals surface area contributed by atoms with Gasteiger partial charge in [-0.15, -0.1) is 0 Å². The van der Waals surface area contributed by atoms with E-state index in [1.54, 1.807) is 12.4 Å². The van der Waals surface area contributed by atoms with E-state index in [1.165, 1.54) is 11.1 Å². The molecule has 20 heavy (non-hydrogen) atoms. The predicted molar refractivity (Wildman–Crippen MR) is 83.0 cm³/mol. The zero-order chi connectivity index (χ0) is 14.1. The summed E-state index contributed by atoms with van der Waals surface area (Å²) in [6.07, 6.45) is 6.29. The highest BCUT2D eigenvalue weighted by molar-refractivity contribution is 9.10. The van der Waals surface area contributed by atoms with Gasteiger partial charge in [-0.2, -0.15) is 0 Å². The Morgan fingerprint density at radius 3 is 3.00 bits per heavy atom. The van der Waals surface area contributed by atoms with Crippen LogP contribution in [0.4, 0.5) is 0 Å². The maximum Gasteiger partial charge on any atom is 0.166 e. The first-order valence-electron chi connectivity index (χ1n) is 6.87. The number of nitrogens with zero attached hydrogens (tertiary/aromatic N) is 1. The molecule has 1 heterocycles. The maximum atomic E-state index is 12.6. The molecule has 2 nitrogen and oxygen atoms in total. The molecule has 3 rings (SSSR count). The van der Waals surface area contributed by atoms with Gasteiger partial charge >= 0.3 is 0 Å². The number of rotatable bonds is 2. The molecule has 0 saturated heterocycles. The number of carbonyl (C=O) groups excluding carboxylic acids is 1. The van der Waals surface area contributed by atoms with Crippen LogP contribution in [0.2, 0.25) is 0 Å². The predicted octanol–water partition coefficient (Wildman–Crippen LogP) is 4.14. The molecule has 102 valence electrons. The summed E-state index contributed by atoms with van der Waals surface area (Å²) in [4.78, 5) is 16.7. The van der Waals surface area contributed by atoms with E-state index in [4.69, 9.17) is 0 Å². The molecule has 0 aliphatic heterocycles.